The maximum absolute atomic E-state index is 12.8. The van der Waals surface area contributed by atoms with Crippen LogP contribution in [0.1, 0.15) is 34.5 Å². The second kappa shape index (κ2) is 7.29. The SMILES string of the molecule is CN1C(=O)[C@@H](NC(=O)c2nc3n(n2)C(c2ccccc2)CC3)COc2ccccc21. The Morgan fingerprint density at radius 3 is 2.73 bits per heavy atom. The molecule has 0 spiro atoms. The molecule has 3 heterocycles. The van der Waals surface area contributed by atoms with Crippen LogP contribution in [0, 0.1) is 0 Å². The molecule has 2 atom stereocenters. The number of rotatable bonds is 3. The lowest BCUT2D eigenvalue weighted by molar-refractivity contribution is -0.120. The van der Waals surface area contributed by atoms with Gasteiger partial charge in [0, 0.05) is 13.5 Å². The lowest BCUT2D eigenvalue weighted by Crippen LogP contribution is -2.49. The van der Waals surface area contributed by atoms with Gasteiger partial charge in [-0.25, -0.2) is 9.67 Å². The lowest BCUT2D eigenvalue weighted by atomic mass is 10.1. The number of nitrogens with one attached hydrogen (secondary N) is 1. The molecule has 1 N–H and O–H groups in total. The van der Waals surface area contributed by atoms with Crippen LogP contribution in [0.2, 0.25) is 0 Å². The molecule has 3 aromatic rings. The molecule has 1 unspecified atom stereocenters. The first kappa shape index (κ1) is 18.4. The van der Waals surface area contributed by atoms with Gasteiger partial charge < -0.3 is 15.0 Å². The van der Waals surface area contributed by atoms with Crippen molar-refractivity contribution in [1.29, 1.82) is 0 Å². The quantitative estimate of drug-likeness (QED) is 0.722. The smallest absolute Gasteiger partial charge is 0.291 e. The van der Waals surface area contributed by atoms with Crippen molar-refractivity contribution in [3.63, 3.8) is 0 Å². The van der Waals surface area contributed by atoms with Crippen LogP contribution in [-0.2, 0) is 11.2 Å². The zero-order valence-electron chi connectivity index (χ0n) is 16.5. The highest BCUT2D eigenvalue weighted by atomic mass is 16.5. The number of ether oxygens (including phenoxy) is 1. The second-order valence-corrected chi connectivity index (χ2v) is 7.46. The molecule has 0 radical (unpaired) electrons. The largest absolute Gasteiger partial charge is 0.489 e. The summed E-state index contributed by atoms with van der Waals surface area (Å²) in [6.45, 7) is 0.0478. The van der Waals surface area contributed by atoms with Gasteiger partial charge in [-0.2, -0.15) is 0 Å². The minimum atomic E-state index is -0.821. The Morgan fingerprint density at radius 2 is 1.90 bits per heavy atom. The number of nitrogens with zero attached hydrogens (tertiary/aromatic N) is 4. The van der Waals surface area contributed by atoms with Gasteiger partial charge in [0.1, 0.15) is 24.2 Å². The van der Waals surface area contributed by atoms with Crippen molar-refractivity contribution in [1.82, 2.24) is 20.1 Å². The van der Waals surface area contributed by atoms with E-state index in [0.717, 1.165) is 24.2 Å². The summed E-state index contributed by atoms with van der Waals surface area (Å²) in [6.07, 6.45) is 1.66. The molecule has 8 heteroatoms. The van der Waals surface area contributed by atoms with Gasteiger partial charge in [-0.15, -0.1) is 5.10 Å². The number of benzene rings is 2. The van der Waals surface area contributed by atoms with E-state index in [9.17, 15) is 9.59 Å². The predicted octanol–water partition coefficient (Wildman–Crippen LogP) is 1.97. The van der Waals surface area contributed by atoms with Crippen molar-refractivity contribution in [3.8, 4) is 5.75 Å². The zero-order chi connectivity index (χ0) is 20.7. The van der Waals surface area contributed by atoms with E-state index in [0.29, 0.717) is 11.4 Å². The summed E-state index contributed by atoms with van der Waals surface area (Å²) in [5, 5.41) is 7.19. The molecule has 1 aromatic heterocycles. The van der Waals surface area contributed by atoms with E-state index in [1.54, 1.807) is 13.1 Å². The van der Waals surface area contributed by atoms with Crippen molar-refractivity contribution >= 4 is 17.5 Å². The van der Waals surface area contributed by atoms with Gasteiger partial charge in [0.05, 0.1) is 11.7 Å². The molecule has 2 aliphatic rings. The van der Waals surface area contributed by atoms with Crippen LogP contribution in [0.15, 0.2) is 54.6 Å². The average Bonchev–Trinajstić information content (AvgIpc) is 3.34. The van der Waals surface area contributed by atoms with Gasteiger partial charge in [0.2, 0.25) is 5.82 Å². The monoisotopic (exact) mass is 403 g/mol. The van der Waals surface area contributed by atoms with Crippen molar-refractivity contribution < 1.29 is 14.3 Å². The normalized spacial score (nSPS) is 20.2. The first-order valence-corrected chi connectivity index (χ1v) is 9.92. The number of carbonyl (C=O) groups is 2. The summed E-state index contributed by atoms with van der Waals surface area (Å²) in [4.78, 5) is 31.6. The minimum absolute atomic E-state index is 0.0478. The summed E-state index contributed by atoms with van der Waals surface area (Å²) in [6, 6.07) is 16.6. The molecule has 0 bridgehead atoms. The highest BCUT2D eigenvalue weighted by Crippen LogP contribution is 2.31. The Balaban J connectivity index is 1.34. The first-order chi connectivity index (χ1) is 14.6. The fourth-order valence-corrected chi connectivity index (χ4v) is 4.02. The molecule has 2 amide bonds. The van der Waals surface area contributed by atoms with E-state index in [-0.39, 0.29) is 24.4 Å². The van der Waals surface area contributed by atoms with Crippen LogP contribution in [0.5, 0.6) is 5.75 Å². The summed E-state index contributed by atoms with van der Waals surface area (Å²) in [5.41, 5.74) is 1.81. The Hall–Kier alpha value is -3.68. The third kappa shape index (κ3) is 3.10. The number of carbonyl (C=O) groups excluding carboxylic acids is 2. The van der Waals surface area contributed by atoms with Crippen molar-refractivity contribution in [2.24, 2.45) is 0 Å². The van der Waals surface area contributed by atoms with Crippen LogP contribution >= 0.6 is 0 Å². The topological polar surface area (TPSA) is 89.4 Å². The standard InChI is InChI=1S/C22H21N5O3/c1-26-17-9-5-6-10-18(17)30-13-15(22(26)29)23-21(28)20-24-19-12-11-16(27(19)25-20)14-7-3-2-4-8-14/h2-10,15-16H,11-13H2,1H3,(H,23,28)/t15-,16?/m0/s1. The van der Waals surface area contributed by atoms with E-state index >= 15 is 0 Å². The van der Waals surface area contributed by atoms with Gasteiger partial charge in [0.15, 0.2) is 0 Å². The van der Waals surface area contributed by atoms with Crippen LogP contribution in [0.4, 0.5) is 5.69 Å². The summed E-state index contributed by atoms with van der Waals surface area (Å²) in [7, 11) is 1.67. The molecular weight excluding hydrogens is 382 g/mol. The van der Waals surface area contributed by atoms with Crippen LogP contribution in [-0.4, -0.2) is 46.3 Å². The average molecular weight is 403 g/mol. The minimum Gasteiger partial charge on any atom is -0.489 e. The van der Waals surface area contributed by atoms with Crippen molar-refractivity contribution in [2.45, 2.75) is 24.9 Å². The number of hydrogen-bond acceptors (Lipinski definition) is 5. The Kier molecular flexibility index (Phi) is 4.46. The molecule has 0 aliphatic carbocycles. The van der Waals surface area contributed by atoms with E-state index in [1.165, 1.54) is 4.90 Å². The van der Waals surface area contributed by atoms with Gasteiger partial charge in [-0.05, 0) is 24.1 Å². The molecule has 8 nitrogen and oxygen atoms in total. The van der Waals surface area contributed by atoms with E-state index in [2.05, 4.69) is 27.5 Å². The van der Waals surface area contributed by atoms with Crippen LogP contribution in [0.3, 0.4) is 0 Å². The number of hydrogen-bond donors (Lipinski definition) is 1. The van der Waals surface area contributed by atoms with Crippen molar-refractivity contribution in [2.75, 3.05) is 18.6 Å². The van der Waals surface area contributed by atoms with Gasteiger partial charge in [0.25, 0.3) is 11.8 Å². The first-order valence-electron chi connectivity index (χ1n) is 9.92. The molecule has 2 aliphatic heterocycles. The van der Waals surface area contributed by atoms with Gasteiger partial charge in [-0.1, -0.05) is 42.5 Å². The molecule has 5 rings (SSSR count). The molecule has 30 heavy (non-hydrogen) atoms. The molecule has 152 valence electrons. The van der Waals surface area contributed by atoms with Crippen LogP contribution in [0.25, 0.3) is 0 Å². The number of fused-ring (bicyclic) bond motifs is 2. The second-order valence-electron chi connectivity index (χ2n) is 7.46. The third-order valence-corrected chi connectivity index (χ3v) is 5.59. The molecule has 0 saturated carbocycles. The predicted molar refractivity (Wildman–Crippen MR) is 110 cm³/mol. The Morgan fingerprint density at radius 1 is 1.13 bits per heavy atom. The number of likely N-dealkylation sites (N-methyl/N-ethyl adjacent to an activating group) is 1. The maximum Gasteiger partial charge on any atom is 0.291 e. The number of aryl methyl sites for hydroxylation is 1. The molecule has 0 fully saturated rings. The number of para-hydroxylation sites is 2. The Bertz CT molecular complexity index is 1110. The van der Waals surface area contributed by atoms with Crippen molar-refractivity contribution in [3.05, 3.63) is 71.8 Å². The molecular formula is C22H21N5O3. The van der Waals surface area contributed by atoms with E-state index < -0.39 is 11.9 Å². The molecule has 2 aromatic carbocycles. The van der Waals surface area contributed by atoms with Gasteiger partial charge in [-0.3, -0.25) is 9.59 Å². The van der Waals surface area contributed by atoms with E-state index in [4.69, 9.17) is 4.74 Å². The summed E-state index contributed by atoms with van der Waals surface area (Å²) in [5.74, 6) is 0.729. The Labute approximate surface area is 173 Å². The number of anilines is 1. The fourth-order valence-electron chi connectivity index (χ4n) is 4.02. The third-order valence-electron chi connectivity index (χ3n) is 5.59. The van der Waals surface area contributed by atoms with Gasteiger partial charge >= 0.3 is 0 Å². The fraction of sp³-hybridized carbons (Fsp3) is 0.273. The summed E-state index contributed by atoms with van der Waals surface area (Å²) >= 11 is 0. The maximum atomic E-state index is 12.8. The highest BCUT2D eigenvalue weighted by Gasteiger charge is 2.33. The lowest BCUT2D eigenvalue weighted by Gasteiger charge is -2.19. The number of amides is 2. The molecule has 0 saturated heterocycles. The van der Waals surface area contributed by atoms with E-state index in [1.807, 2.05) is 41.1 Å². The van der Waals surface area contributed by atoms with Crippen LogP contribution < -0.4 is 15.0 Å². The number of aromatic nitrogens is 3. The zero-order valence-corrected chi connectivity index (χ0v) is 16.5. The summed E-state index contributed by atoms with van der Waals surface area (Å²) < 4.78 is 7.57. The highest BCUT2D eigenvalue weighted by molar-refractivity contribution is 6.02.